The van der Waals surface area contributed by atoms with Gasteiger partial charge in [-0.25, -0.2) is 0 Å². The number of allylic oxidation sites excluding steroid dienone is 1. The topological polar surface area (TPSA) is 29.5 Å². The van der Waals surface area contributed by atoms with Gasteiger partial charge >= 0.3 is 0 Å². The van der Waals surface area contributed by atoms with Crippen molar-refractivity contribution in [2.24, 2.45) is 0 Å². The van der Waals surface area contributed by atoms with E-state index in [0.29, 0.717) is 26.6 Å². The first-order valence-electron chi connectivity index (χ1n) is 8.52. The van der Waals surface area contributed by atoms with Crippen LogP contribution in [-0.2, 0) is 16.1 Å². The van der Waals surface area contributed by atoms with Crippen LogP contribution < -0.4 is 0 Å². The van der Waals surface area contributed by atoms with Crippen LogP contribution in [0.5, 0.6) is 0 Å². The van der Waals surface area contributed by atoms with E-state index in [-0.39, 0.29) is 12.0 Å². The maximum Gasteiger partial charge on any atom is 0.266 e. The molecule has 0 radical (unpaired) electrons. The third kappa shape index (κ3) is 3.95. The molecular formula is C21H16ClNO2S2. The Bertz CT molecular complexity index is 956. The van der Waals surface area contributed by atoms with Gasteiger partial charge < -0.3 is 4.74 Å². The predicted octanol–water partition coefficient (Wildman–Crippen LogP) is 5.63. The molecule has 136 valence electrons. The fourth-order valence-electron chi connectivity index (χ4n) is 3.03. The number of hydrogen-bond acceptors (Lipinski definition) is 4. The van der Waals surface area contributed by atoms with Gasteiger partial charge in [-0.05, 0) is 23.8 Å². The van der Waals surface area contributed by atoms with Crippen LogP contribution in [-0.4, -0.2) is 15.1 Å². The minimum absolute atomic E-state index is 0.0838. The molecule has 2 aromatic carbocycles. The van der Waals surface area contributed by atoms with Crippen molar-refractivity contribution in [1.29, 1.82) is 0 Å². The molecule has 0 N–H and O–H groups in total. The first-order chi connectivity index (χ1) is 13.1. The Kier molecular flexibility index (Phi) is 5.34. The molecule has 1 saturated heterocycles. The highest BCUT2D eigenvalue weighted by Gasteiger charge is 2.33. The summed E-state index contributed by atoms with van der Waals surface area (Å²) in [7, 11) is 0. The Balaban J connectivity index is 1.46. The lowest BCUT2D eigenvalue weighted by molar-refractivity contribution is -0.122. The largest absolute Gasteiger partial charge is 0.486 e. The van der Waals surface area contributed by atoms with E-state index in [2.05, 4.69) is 0 Å². The Morgan fingerprint density at radius 3 is 2.70 bits per heavy atom. The Hall–Kier alpha value is -2.08. The first-order valence-corrected chi connectivity index (χ1v) is 10.1. The third-order valence-corrected chi connectivity index (χ3v) is 6.12. The molecule has 1 fully saturated rings. The van der Waals surface area contributed by atoms with Gasteiger partial charge in [0.05, 0.1) is 11.4 Å². The summed E-state index contributed by atoms with van der Waals surface area (Å²) in [4.78, 5) is 15.0. The lowest BCUT2D eigenvalue weighted by Gasteiger charge is -2.14. The number of nitrogens with zero attached hydrogens (tertiary/aromatic N) is 1. The molecule has 2 heterocycles. The van der Waals surface area contributed by atoms with Crippen molar-refractivity contribution in [3.8, 4) is 0 Å². The average Bonchev–Trinajstić information content (AvgIpc) is 3.23. The van der Waals surface area contributed by atoms with E-state index < -0.39 is 0 Å². The summed E-state index contributed by atoms with van der Waals surface area (Å²) in [5, 5.41) is 0.686. The fourth-order valence-corrected chi connectivity index (χ4v) is 4.53. The number of thioether (sulfide) groups is 1. The molecule has 1 unspecified atom stereocenters. The highest BCUT2D eigenvalue weighted by molar-refractivity contribution is 8.26. The van der Waals surface area contributed by atoms with E-state index in [9.17, 15) is 4.79 Å². The number of ether oxygens (including phenoxy) is 1. The van der Waals surface area contributed by atoms with Crippen LogP contribution in [0.25, 0.3) is 0 Å². The van der Waals surface area contributed by atoms with E-state index in [1.807, 2.05) is 60.7 Å². The Morgan fingerprint density at radius 2 is 1.93 bits per heavy atom. The van der Waals surface area contributed by atoms with E-state index in [1.54, 1.807) is 11.0 Å². The normalized spacial score (nSPS) is 20.9. The number of carbonyl (C=O) groups excluding carboxylic acids is 1. The number of carbonyl (C=O) groups is 1. The molecule has 2 aliphatic rings. The van der Waals surface area contributed by atoms with Gasteiger partial charge in [-0.1, -0.05) is 84.1 Å². The van der Waals surface area contributed by atoms with Gasteiger partial charge in [0.15, 0.2) is 0 Å². The number of benzene rings is 2. The molecule has 2 aliphatic heterocycles. The molecule has 0 spiro atoms. The minimum Gasteiger partial charge on any atom is -0.486 e. The van der Waals surface area contributed by atoms with Crippen molar-refractivity contribution in [3.05, 3.63) is 93.6 Å². The molecule has 2 aromatic rings. The number of hydrogen-bond donors (Lipinski definition) is 0. The van der Waals surface area contributed by atoms with Crippen molar-refractivity contribution in [3.63, 3.8) is 0 Å². The van der Waals surface area contributed by atoms with E-state index in [4.69, 9.17) is 28.6 Å². The molecule has 0 aromatic heterocycles. The van der Waals surface area contributed by atoms with E-state index in [1.165, 1.54) is 11.8 Å². The Labute approximate surface area is 172 Å². The summed E-state index contributed by atoms with van der Waals surface area (Å²) in [6.07, 6.45) is 4.36. The molecule has 0 bridgehead atoms. The predicted molar refractivity (Wildman–Crippen MR) is 113 cm³/mol. The van der Waals surface area contributed by atoms with Crippen LogP contribution in [0.3, 0.4) is 0 Å². The van der Waals surface area contributed by atoms with Crippen molar-refractivity contribution in [2.45, 2.75) is 19.1 Å². The van der Waals surface area contributed by atoms with E-state index in [0.717, 1.165) is 17.5 Å². The van der Waals surface area contributed by atoms with Crippen LogP contribution in [0.1, 0.15) is 23.7 Å². The van der Waals surface area contributed by atoms with Crippen molar-refractivity contribution >= 4 is 45.8 Å². The molecule has 6 heteroatoms. The number of halogens is 1. The zero-order chi connectivity index (χ0) is 18.8. The second-order valence-electron chi connectivity index (χ2n) is 6.22. The maximum atomic E-state index is 12.8. The van der Waals surface area contributed by atoms with Crippen LogP contribution >= 0.6 is 35.6 Å². The summed E-state index contributed by atoms with van der Waals surface area (Å²) >= 11 is 13.0. The van der Waals surface area contributed by atoms with Gasteiger partial charge in [-0.3, -0.25) is 9.69 Å². The number of thiocarbonyl (C=S) groups is 1. The molecule has 0 saturated carbocycles. The lowest BCUT2D eigenvalue weighted by atomic mass is 10.1. The van der Waals surface area contributed by atoms with Crippen LogP contribution in [0, 0.1) is 0 Å². The monoisotopic (exact) mass is 413 g/mol. The number of amides is 1. The number of rotatable bonds is 4. The summed E-state index contributed by atoms with van der Waals surface area (Å²) in [5.41, 5.74) is 2.00. The van der Waals surface area contributed by atoms with Crippen LogP contribution in [0.2, 0.25) is 5.02 Å². The van der Waals surface area contributed by atoms with E-state index >= 15 is 0 Å². The second kappa shape index (κ2) is 7.89. The SMILES string of the molecule is O=C1/C(=C/C2=CCC(c3ccccc3Cl)O2)SC(=S)N1Cc1ccccc1. The smallest absolute Gasteiger partial charge is 0.266 e. The zero-order valence-electron chi connectivity index (χ0n) is 14.3. The van der Waals surface area contributed by atoms with Crippen molar-refractivity contribution in [2.75, 3.05) is 0 Å². The van der Waals surface area contributed by atoms with Gasteiger partial charge in [-0.2, -0.15) is 0 Å². The molecule has 27 heavy (non-hydrogen) atoms. The fraction of sp³-hybridized carbons (Fsp3) is 0.143. The molecule has 0 aliphatic carbocycles. The lowest BCUT2D eigenvalue weighted by Crippen LogP contribution is -2.27. The summed E-state index contributed by atoms with van der Waals surface area (Å²) in [6.45, 7) is 0.477. The standard InChI is InChI=1S/C21H16ClNO2S2/c22-17-9-5-4-8-16(17)18-11-10-15(25-18)12-19-20(24)23(21(26)27-19)13-14-6-2-1-3-7-14/h1-10,12,18H,11,13H2/b19-12-. The highest BCUT2D eigenvalue weighted by atomic mass is 35.5. The van der Waals surface area contributed by atoms with Gasteiger partial charge in [0, 0.05) is 17.0 Å². The van der Waals surface area contributed by atoms with Gasteiger partial charge in [0.2, 0.25) is 0 Å². The second-order valence-corrected chi connectivity index (χ2v) is 8.31. The van der Waals surface area contributed by atoms with Gasteiger partial charge in [0.25, 0.3) is 5.91 Å². The van der Waals surface area contributed by atoms with Crippen molar-refractivity contribution in [1.82, 2.24) is 4.90 Å². The summed E-state index contributed by atoms with van der Waals surface area (Å²) < 4.78 is 6.57. The van der Waals surface area contributed by atoms with Crippen molar-refractivity contribution < 1.29 is 9.53 Å². The highest BCUT2D eigenvalue weighted by Crippen LogP contribution is 2.38. The van der Waals surface area contributed by atoms with Crippen LogP contribution in [0.4, 0.5) is 0 Å². The maximum absolute atomic E-state index is 12.8. The molecular weight excluding hydrogens is 398 g/mol. The van der Waals surface area contributed by atoms with Gasteiger partial charge in [0.1, 0.15) is 16.2 Å². The molecule has 1 amide bonds. The summed E-state index contributed by atoms with van der Waals surface area (Å²) in [6, 6.07) is 17.5. The van der Waals surface area contributed by atoms with Crippen LogP contribution in [0.15, 0.2) is 77.4 Å². The quantitative estimate of drug-likeness (QED) is 0.480. The minimum atomic E-state index is -0.126. The first kappa shape index (κ1) is 18.3. The zero-order valence-corrected chi connectivity index (χ0v) is 16.7. The third-order valence-electron chi connectivity index (χ3n) is 4.39. The molecule has 4 rings (SSSR count). The molecule has 1 atom stereocenters. The van der Waals surface area contributed by atoms with Gasteiger partial charge in [-0.15, -0.1) is 0 Å². The average molecular weight is 414 g/mol. The molecule has 3 nitrogen and oxygen atoms in total. The Morgan fingerprint density at radius 1 is 1.19 bits per heavy atom. The summed E-state index contributed by atoms with van der Waals surface area (Å²) in [5.74, 6) is 0.597.